The summed E-state index contributed by atoms with van der Waals surface area (Å²) in [5, 5.41) is 5.82. The fourth-order valence-electron chi connectivity index (χ4n) is 1.85. The fourth-order valence-corrected chi connectivity index (χ4v) is 3.16. The van der Waals surface area contributed by atoms with Gasteiger partial charge in [-0.25, -0.2) is 8.42 Å². The molecule has 140 valence electrons. The molecule has 0 saturated carbocycles. The molecule has 2 N–H and O–H groups in total. The largest absolute Gasteiger partial charge is 0.383 e. The topological polar surface area (TPSA) is 105 Å². The smallest absolute Gasteiger partial charge is 0.251 e. The zero-order chi connectivity index (χ0) is 18.9. The van der Waals surface area contributed by atoms with Crippen LogP contribution in [0, 0.1) is 0 Å². The first kappa shape index (κ1) is 21.1. The molecule has 0 spiro atoms. The van der Waals surface area contributed by atoms with E-state index in [9.17, 15) is 18.0 Å². The van der Waals surface area contributed by atoms with Crippen molar-refractivity contribution in [2.45, 2.75) is 4.90 Å². The summed E-state index contributed by atoms with van der Waals surface area (Å²) in [5.41, 5.74) is 0.356. The van der Waals surface area contributed by atoms with Gasteiger partial charge in [0.2, 0.25) is 5.91 Å². The summed E-state index contributed by atoms with van der Waals surface area (Å²) >= 11 is 0. The van der Waals surface area contributed by atoms with Gasteiger partial charge in [-0.2, -0.15) is 0 Å². The summed E-state index contributed by atoms with van der Waals surface area (Å²) in [4.78, 5) is 24.8. The third kappa shape index (κ3) is 7.20. The van der Waals surface area contributed by atoms with E-state index < -0.39 is 21.5 Å². The minimum Gasteiger partial charge on any atom is -0.383 e. The minimum absolute atomic E-state index is 0.0143. The number of ether oxygens (including phenoxy) is 1. The van der Waals surface area contributed by atoms with E-state index in [-0.39, 0.29) is 10.8 Å². The van der Waals surface area contributed by atoms with Gasteiger partial charge in [0.1, 0.15) is 5.75 Å². The lowest BCUT2D eigenvalue weighted by Gasteiger charge is -2.11. The van der Waals surface area contributed by atoms with Crippen LogP contribution in [0.15, 0.2) is 29.2 Å². The van der Waals surface area contributed by atoms with Gasteiger partial charge in [0.15, 0.2) is 9.84 Å². The predicted octanol–water partition coefficient (Wildman–Crippen LogP) is -0.486. The lowest BCUT2D eigenvalue weighted by atomic mass is 10.2. The van der Waals surface area contributed by atoms with E-state index in [4.69, 9.17) is 4.74 Å². The van der Waals surface area contributed by atoms with E-state index in [2.05, 4.69) is 10.6 Å². The van der Waals surface area contributed by atoms with E-state index in [1.165, 1.54) is 43.3 Å². The van der Waals surface area contributed by atoms with Gasteiger partial charge in [-0.15, -0.1) is 0 Å². The van der Waals surface area contributed by atoms with E-state index in [0.29, 0.717) is 31.8 Å². The van der Waals surface area contributed by atoms with Crippen molar-refractivity contribution in [2.75, 3.05) is 53.2 Å². The number of hydrogen-bond acceptors (Lipinski definition) is 6. The van der Waals surface area contributed by atoms with Gasteiger partial charge in [-0.1, -0.05) is 0 Å². The average molecular weight is 371 g/mol. The molecule has 0 aliphatic heterocycles. The molecular weight excluding hydrogens is 346 g/mol. The summed E-state index contributed by atoms with van der Waals surface area (Å²) in [5.74, 6) is -1.39. The highest BCUT2D eigenvalue weighted by molar-refractivity contribution is 7.92. The molecule has 2 amide bonds. The lowest BCUT2D eigenvalue weighted by molar-refractivity contribution is -0.125. The molecule has 8 nitrogen and oxygen atoms in total. The Morgan fingerprint density at radius 1 is 1.08 bits per heavy atom. The molecule has 1 rings (SSSR count). The molecule has 0 heterocycles. The molecule has 0 radical (unpaired) electrons. The predicted molar refractivity (Wildman–Crippen MR) is 94.3 cm³/mol. The first-order valence-corrected chi connectivity index (χ1v) is 9.44. The third-order valence-corrected chi connectivity index (χ3v) is 4.98. The number of nitrogens with one attached hydrogen (secondary N) is 2. The number of hydrogen-bond donors (Lipinski definition) is 2. The summed E-state index contributed by atoms with van der Waals surface area (Å²) in [6.45, 7) is 2.35. The maximum Gasteiger partial charge on any atom is 0.251 e. The highest BCUT2D eigenvalue weighted by atomic mass is 32.2. The number of carbonyl (C=O) groups excluding carboxylic acids is 2. The molecule has 0 unspecified atom stereocenters. The van der Waals surface area contributed by atoms with Crippen LogP contribution in [0.1, 0.15) is 10.4 Å². The van der Waals surface area contributed by atoms with Crippen LogP contribution >= 0.6 is 0 Å². The molecule has 0 aromatic heterocycles. The normalized spacial score (nSPS) is 11.2. The number of carbonyl (C=O) groups is 2. The number of benzene rings is 1. The monoisotopic (exact) mass is 371 g/mol. The van der Waals surface area contributed by atoms with Gasteiger partial charge in [0.25, 0.3) is 5.91 Å². The van der Waals surface area contributed by atoms with Crippen LogP contribution in [0.25, 0.3) is 0 Å². The fraction of sp³-hybridized carbons (Fsp3) is 0.500. The van der Waals surface area contributed by atoms with Crippen molar-refractivity contribution >= 4 is 21.7 Å². The maximum atomic E-state index is 12.2. The lowest BCUT2D eigenvalue weighted by Crippen LogP contribution is -2.33. The molecule has 1 aromatic rings. The highest BCUT2D eigenvalue weighted by Crippen LogP contribution is 2.13. The van der Waals surface area contributed by atoms with Gasteiger partial charge >= 0.3 is 0 Å². The number of rotatable bonds is 10. The molecule has 0 bridgehead atoms. The summed E-state index contributed by atoms with van der Waals surface area (Å²) in [6, 6.07) is 5.54. The van der Waals surface area contributed by atoms with E-state index >= 15 is 0 Å². The van der Waals surface area contributed by atoms with Gasteiger partial charge in [0, 0.05) is 46.4 Å². The van der Waals surface area contributed by atoms with Crippen molar-refractivity contribution in [3.63, 3.8) is 0 Å². The van der Waals surface area contributed by atoms with Crippen molar-refractivity contribution in [3.8, 4) is 0 Å². The molecule has 0 fully saturated rings. The molecular formula is C16H25N3O5S. The third-order valence-electron chi connectivity index (χ3n) is 3.36. The summed E-state index contributed by atoms with van der Waals surface area (Å²) < 4.78 is 29.2. The number of methoxy groups -OCH3 is 1. The van der Waals surface area contributed by atoms with Gasteiger partial charge in [-0.05, 0) is 24.3 Å². The van der Waals surface area contributed by atoms with Gasteiger partial charge in [-0.3, -0.25) is 9.59 Å². The molecule has 0 saturated heterocycles. The maximum absolute atomic E-state index is 12.2. The zero-order valence-corrected chi connectivity index (χ0v) is 15.6. The highest BCUT2D eigenvalue weighted by Gasteiger charge is 2.20. The van der Waals surface area contributed by atoms with E-state index in [1.807, 2.05) is 0 Å². The summed E-state index contributed by atoms with van der Waals surface area (Å²) in [6.07, 6.45) is 0. The van der Waals surface area contributed by atoms with Crippen LogP contribution in [0.4, 0.5) is 0 Å². The minimum atomic E-state index is -3.72. The van der Waals surface area contributed by atoms with Gasteiger partial charge < -0.3 is 20.3 Å². The van der Waals surface area contributed by atoms with Crippen LogP contribution in [-0.2, 0) is 19.4 Å². The number of sulfone groups is 1. The van der Waals surface area contributed by atoms with Crippen LogP contribution in [-0.4, -0.2) is 78.3 Å². The Balaban J connectivity index is 2.57. The average Bonchev–Trinajstić information content (AvgIpc) is 2.57. The van der Waals surface area contributed by atoms with Crippen molar-refractivity contribution in [1.82, 2.24) is 15.5 Å². The van der Waals surface area contributed by atoms with E-state index in [1.54, 1.807) is 7.11 Å². The van der Waals surface area contributed by atoms with Crippen molar-refractivity contribution in [1.29, 1.82) is 0 Å². The summed E-state index contributed by atoms with van der Waals surface area (Å²) in [7, 11) is 0.884. The SMILES string of the molecule is COCCNCCNC(=O)c1ccc(S(=O)(=O)CC(=O)N(C)C)cc1. The zero-order valence-electron chi connectivity index (χ0n) is 14.7. The Labute approximate surface area is 148 Å². The van der Waals surface area contributed by atoms with E-state index in [0.717, 1.165) is 0 Å². The first-order valence-electron chi connectivity index (χ1n) is 7.78. The Morgan fingerprint density at radius 3 is 2.28 bits per heavy atom. The Bertz CT molecular complexity index is 672. The molecule has 1 aromatic carbocycles. The van der Waals surface area contributed by atoms with Crippen LogP contribution < -0.4 is 10.6 Å². The second-order valence-electron chi connectivity index (χ2n) is 5.57. The first-order chi connectivity index (χ1) is 11.8. The quantitative estimate of drug-likeness (QED) is 0.538. The second-order valence-corrected chi connectivity index (χ2v) is 7.56. The number of amides is 2. The Kier molecular flexibility index (Phi) is 8.53. The van der Waals surface area contributed by atoms with Gasteiger partial charge in [0.05, 0.1) is 11.5 Å². The molecule has 0 aliphatic carbocycles. The molecule has 25 heavy (non-hydrogen) atoms. The van der Waals surface area contributed by atoms with Crippen molar-refractivity contribution in [2.24, 2.45) is 0 Å². The Hall–Kier alpha value is -1.97. The molecule has 0 atom stereocenters. The van der Waals surface area contributed by atoms with Crippen LogP contribution in [0.3, 0.4) is 0 Å². The van der Waals surface area contributed by atoms with Crippen LogP contribution in [0.2, 0.25) is 0 Å². The van der Waals surface area contributed by atoms with Crippen molar-refractivity contribution in [3.05, 3.63) is 29.8 Å². The number of nitrogens with zero attached hydrogens (tertiary/aromatic N) is 1. The van der Waals surface area contributed by atoms with Crippen molar-refractivity contribution < 1.29 is 22.7 Å². The van der Waals surface area contributed by atoms with Crippen LogP contribution in [0.5, 0.6) is 0 Å². The molecule has 9 heteroatoms. The molecule has 0 aliphatic rings. The standard InChI is InChI=1S/C16H25N3O5S/c1-19(2)15(20)12-25(22,23)14-6-4-13(5-7-14)16(21)18-9-8-17-10-11-24-3/h4-7,17H,8-12H2,1-3H3,(H,18,21). The Morgan fingerprint density at radius 2 is 1.72 bits per heavy atom. The second kappa shape index (κ2) is 10.1.